The molecule has 66 valence electrons. The lowest BCUT2D eigenvalue weighted by Gasteiger charge is -2.04. The number of aryl methyl sites for hydroxylation is 1. The molecular formula is C11H9BrO. The number of phenols is 1. The minimum atomic E-state index is 0.374. The lowest BCUT2D eigenvalue weighted by molar-refractivity contribution is 0.477. The maximum absolute atomic E-state index is 9.76. The Balaban J connectivity index is 2.89. The van der Waals surface area contributed by atoms with Crippen LogP contribution in [-0.4, -0.2) is 5.11 Å². The maximum Gasteiger partial charge on any atom is 0.126 e. The molecule has 2 aromatic rings. The van der Waals surface area contributed by atoms with Crippen molar-refractivity contribution in [1.82, 2.24) is 0 Å². The summed E-state index contributed by atoms with van der Waals surface area (Å²) in [6.45, 7) is 1.90. The number of halogens is 1. The minimum Gasteiger partial charge on any atom is -0.507 e. The lowest BCUT2D eigenvalue weighted by atomic mass is 10.1. The van der Waals surface area contributed by atoms with Crippen molar-refractivity contribution in [2.45, 2.75) is 6.92 Å². The van der Waals surface area contributed by atoms with Gasteiger partial charge in [0.2, 0.25) is 0 Å². The first-order valence-electron chi connectivity index (χ1n) is 4.06. The second kappa shape index (κ2) is 3.04. The molecule has 0 unspecified atom stereocenters. The molecular weight excluding hydrogens is 228 g/mol. The fourth-order valence-electron chi connectivity index (χ4n) is 1.39. The van der Waals surface area contributed by atoms with Crippen molar-refractivity contribution in [3.8, 4) is 5.75 Å². The van der Waals surface area contributed by atoms with E-state index in [4.69, 9.17) is 0 Å². The Morgan fingerprint density at radius 3 is 2.62 bits per heavy atom. The molecule has 0 aliphatic heterocycles. The largest absolute Gasteiger partial charge is 0.507 e. The van der Waals surface area contributed by atoms with Gasteiger partial charge in [0.15, 0.2) is 0 Å². The van der Waals surface area contributed by atoms with Gasteiger partial charge in [-0.25, -0.2) is 0 Å². The molecule has 0 saturated heterocycles. The molecule has 0 saturated carbocycles. The number of rotatable bonds is 0. The highest BCUT2D eigenvalue weighted by atomic mass is 79.9. The zero-order valence-corrected chi connectivity index (χ0v) is 8.80. The number of fused-ring (bicyclic) bond motifs is 1. The average Bonchev–Trinajstić information content (AvgIpc) is 2.12. The van der Waals surface area contributed by atoms with Gasteiger partial charge in [-0.3, -0.25) is 0 Å². The Hall–Kier alpha value is -1.02. The van der Waals surface area contributed by atoms with Crippen molar-refractivity contribution in [3.05, 3.63) is 40.4 Å². The van der Waals surface area contributed by atoms with Crippen LogP contribution in [0.25, 0.3) is 10.8 Å². The fraction of sp³-hybridized carbons (Fsp3) is 0.0909. The standard InChI is InChI=1S/C11H9BrO/c1-7-2-3-8-4-5-9(12)6-10(8)11(7)13/h2-6,13H,1H3. The third kappa shape index (κ3) is 1.42. The van der Waals surface area contributed by atoms with Crippen molar-refractivity contribution in [3.63, 3.8) is 0 Å². The molecule has 0 aromatic heterocycles. The fourth-order valence-corrected chi connectivity index (χ4v) is 1.75. The van der Waals surface area contributed by atoms with Crippen LogP contribution in [0, 0.1) is 6.92 Å². The van der Waals surface area contributed by atoms with Crippen LogP contribution in [0.2, 0.25) is 0 Å². The van der Waals surface area contributed by atoms with Gasteiger partial charge in [0.05, 0.1) is 0 Å². The normalized spacial score (nSPS) is 10.6. The molecule has 0 fully saturated rings. The summed E-state index contributed by atoms with van der Waals surface area (Å²) in [5.41, 5.74) is 0.908. The minimum absolute atomic E-state index is 0.374. The highest BCUT2D eigenvalue weighted by Gasteiger charge is 2.02. The van der Waals surface area contributed by atoms with E-state index in [9.17, 15) is 5.11 Å². The summed E-state index contributed by atoms with van der Waals surface area (Å²) in [6.07, 6.45) is 0. The smallest absolute Gasteiger partial charge is 0.126 e. The van der Waals surface area contributed by atoms with E-state index >= 15 is 0 Å². The summed E-state index contributed by atoms with van der Waals surface area (Å²) in [6, 6.07) is 9.82. The first-order valence-corrected chi connectivity index (χ1v) is 4.85. The highest BCUT2D eigenvalue weighted by molar-refractivity contribution is 9.10. The molecule has 0 atom stereocenters. The topological polar surface area (TPSA) is 20.2 Å². The zero-order chi connectivity index (χ0) is 9.42. The number of hydrogen-bond donors (Lipinski definition) is 1. The van der Waals surface area contributed by atoms with Crippen LogP contribution in [0.1, 0.15) is 5.56 Å². The van der Waals surface area contributed by atoms with Crippen molar-refractivity contribution < 1.29 is 5.11 Å². The van der Waals surface area contributed by atoms with Gasteiger partial charge in [-0.05, 0) is 30.0 Å². The monoisotopic (exact) mass is 236 g/mol. The molecule has 1 nitrogen and oxygen atoms in total. The number of benzene rings is 2. The molecule has 0 aliphatic carbocycles. The first-order chi connectivity index (χ1) is 6.18. The number of hydrogen-bond acceptors (Lipinski definition) is 1. The van der Waals surface area contributed by atoms with Crippen LogP contribution < -0.4 is 0 Å². The van der Waals surface area contributed by atoms with E-state index in [-0.39, 0.29) is 0 Å². The molecule has 0 radical (unpaired) electrons. The second-order valence-corrected chi connectivity index (χ2v) is 4.01. The third-order valence-electron chi connectivity index (χ3n) is 2.16. The second-order valence-electron chi connectivity index (χ2n) is 3.10. The Morgan fingerprint density at radius 1 is 1.15 bits per heavy atom. The van der Waals surface area contributed by atoms with Crippen molar-refractivity contribution >= 4 is 26.7 Å². The van der Waals surface area contributed by atoms with Crippen LogP contribution in [0.4, 0.5) is 0 Å². The van der Waals surface area contributed by atoms with Crippen molar-refractivity contribution in [2.24, 2.45) is 0 Å². The van der Waals surface area contributed by atoms with Gasteiger partial charge in [-0.2, -0.15) is 0 Å². The number of aromatic hydroxyl groups is 1. The summed E-state index contributed by atoms with van der Waals surface area (Å²) in [5, 5.41) is 11.7. The van der Waals surface area contributed by atoms with Gasteiger partial charge >= 0.3 is 0 Å². The van der Waals surface area contributed by atoms with E-state index in [0.29, 0.717) is 5.75 Å². The summed E-state index contributed by atoms with van der Waals surface area (Å²) in [4.78, 5) is 0. The summed E-state index contributed by atoms with van der Waals surface area (Å²) in [7, 11) is 0. The van der Waals surface area contributed by atoms with Gasteiger partial charge < -0.3 is 5.11 Å². The summed E-state index contributed by atoms with van der Waals surface area (Å²) in [5.74, 6) is 0.374. The van der Waals surface area contributed by atoms with Gasteiger partial charge in [0.25, 0.3) is 0 Å². The van der Waals surface area contributed by atoms with E-state index in [1.54, 1.807) is 0 Å². The van der Waals surface area contributed by atoms with E-state index in [2.05, 4.69) is 15.9 Å². The van der Waals surface area contributed by atoms with Crippen LogP contribution >= 0.6 is 15.9 Å². The van der Waals surface area contributed by atoms with Crippen LogP contribution in [0.15, 0.2) is 34.8 Å². The van der Waals surface area contributed by atoms with E-state index < -0.39 is 0 Å². The Bertz CT molecular complexity index is 458. The number of phenolic OH excluding ortho intramolecular Hbond substituents is 1. The van der Waals surface area contributed by atoms with Gasteiger partial charge in [0.1, 0.15) is 5.75 Å². The molecule has 0 aliphatic rings. The van der Waals surface area contributed by atoms with Gasteiger partial charge in [-0.15, -0.1) is 0 Å². The van der Waals surface area contributed by atoms with E-state index in [0.717, 1.165) is 20.8 Å². The molecule has 0 bridgehead atoms. The Morgan fingerprint density at radius 2 is 1.85 bits per heavy atom. The highest BCUT2D eigenvalue weighted by Crippen LogP contribution is 2.30. The van der Waals surface area contributed by atoms with Crippen LogP contribution in [0.5, 0.6) is 5.75 Å². The third-order valence-corrected chi connectivity index (χ3v) is 2.65. The van der Waals surface area contributed by atoms with Gasteiger partial charge in [-0.1, -0.05) is 34.1 Å². The summed E-state index contributed by atoms with van der Waals surface area (Å²) < 4.78 is 0.987. The SMILES string of the molecule is Cc1ccc2ccc(Br)cc2c1O. The van der Waals surface area contributed by atoms with Crippen LogP contribution in [0.3, 0.4) is 0 Å². The lowest BCUT2D eigenvalue weighted by Crippen LogP contribution is -1.78. The molecule has 2 heteroatoms. The quantitative estimate of drug-likeness (QED) is 0.741. The average molecular weight is 237 g/mol. The summed E-state index contributed by atoms with van der Waals surface area (Å²) >= 11 is 3.38. The molecule has 0 spiro atoms. The first kappa shape index (κ1) is 8.57. The molecule has 2 aromatic carbocycles. The van der Waals surface area contributed by atoms with Gasteiger partial charge in [0, 0.05) is 9.86 Å². The zero-order valence-electron chi connectivity index (χ0n) is 7.21. The van der Waals surface area contributed by atoms with E-state index in [1.807, 2.05) is 37.3 Å². The maximum atomic E-state index is 9.76. The Kier molecular flexibility index (Phi) is 2.00. The van der Waals surface area contributed by atoms with Crippen molar-refractivity contribution in [2.75, 3.05) is 0 Å². The predicted molar refractivity (Wildman–Crippen MR) is 58.0 cm³/mol. The van der Waals surface area contributed by atoms with Crippen molar-refractivity contribution in [1.29, 1.82) is 0 Å². The molecule has 0 amide bonds. The Labute approximate surface area is 85.1 Å². The predicted octanol–water partition coefficient (Wildman–Crippen LogP) is 3.62. The van der Waals surface area contributed by atoms with E-state index in [1.165, 1.54) is 0 Å². The molecule has 2 rings (SSSR count). The molecule has 0 heterocycles. The molecule has 13 heavy (non-hydrogen) atoms. The van der Waals surface area contributed by atoms with Crippen LogP contribution in [-0.2, 0) is 0 Å². The molecule has 1 N–H and O–H groups in total.